The predicted octanol–water partition coefficient (Wildman–Crippen LogP) is 2.21. The van der Waals surface area contributed by atoms with Crippen molar-refractivity contribution >= 4 is 0 Å². The van der Waals surface area contributed by atoms with Gasteiger partial charge in [-0.15, -0.1) is 0 Å². The molecule has 0 saturated carbocycles. The zero-order chi connectivity index (χ0) is 14.0. The summed E-state index contributed by atoms with van der Waals surface area (Å²) >= 11 is 0. The van der Waals surface area contributed by atoms with Crippen LogP contribution in [-0.4, -0.2) is 23.4 Å². The van der Waals surface area contributed by atoms with Crippen LogP contribution in [0.4, 0.5) is 0 Å². The summed E-state index contributed by atoms with van der Waals surface area (Å²) in [6.07, 6.45) is 2.84. The van der Waals surface area contributed by atoms with E-state index < -0.39 is 0 Å². The minimum atomic E-state index is 0.617. The van der Waals surface area contributed by atoms with E-state index in [1.165, 1.54) is 11.1 Å². The van der Waals surface area contributed by atoms with Crippen LogP contribution in [0, 0.1) is 13.8 Å². The van der Waals surface area contributed by atoms with Gasteiger partial charge < -0.3 is 10.5 Å². The molecule has 0 unspecified atom stereocenters. The molecule has 0 atom stereocenters. The molecule has 1 aromatic carbocycles. The third-order valence-corrected chi connectivity index (χ3v) is 3.39. The third-order valence-electron chi connectivity index (χ3n) is 3.39. The minimum Gasteiger partial charge on any atom is -0.496 e. The Hall–Kier alpha value is -1.81. The second-order valence-corrected chi connectivity index (χ2v) is 4.85. The molecule has 0 aliphatic carbocycles. The van der Waals surface area contributed by atoms with Gasteiger partial charge in [0.25, 0.3) is 0 Å². The molecule has 102 valence electrons. The third kappa shape index (κ3) is 2.63. The first-order valence-electron chi connectivity index (χ1n) is 6.45. The van der Waals surface area contributed by atoms with Gasteiger partial charge in [-0.05, 0) is 55.6 Å². The summed E-state index contributed by atoms with van der Waals surface area (Å²) in [5, 5.41) is 4.56. The lowest BCUT2D eigenvalue weighted by atomic mass is 10.00. The number of hydrogen-bond acceptors (Lipinski definition) is 3. The van der Waals surface area contributed by atoms with Crippen molar-refractivity contribution in [2.24, 2.45) is 12.8 Å². The van der Waals surface area contributed by atoms with Crippen molar-refractivity contribution < 1.29 is 4.74 Å². The molecule has 2 aromatic rings. The van der Waals surface area contributed by atoms with Gasteiger partial charge in [0.15, 0.2) is 0 Å². The van der Waals surface area contributed by atoms with Crippen molar-refractivity contribution in [1.29, 1.82) is 0 Å². The Bertz CT molecular complexity index is 587. The SMILES string of the molecule is COc1cc(C)c(C)cc1-c1nn(C)cc1CCN. The number of ether oxygens (including phenoxy) is 1. The summed E-state index contributed by atoms with van der Waals surface area (Å²) in [7, 11) is 3.62. The van der Waals surface area contributed by atoms with Crippen molar-refractivity contribution in [2.75, 3.05) is 13.7 Å². The second kappa shape index (κ2) is 5.45. The van der Waals surface area contributed by atoms with Crippen LogP contribution in [0.15, 0.2) is 18.3 Å². The number of rotatable bonds is 4. The normalized spacial score (nSPS) is 10.8. The first-order chi connectivity index (χ1) is 9.06. The zero-order valence-corrected chi connectivity index (χ0v) is 12.0. The molecule has 1 aromatic heterocycles. The Morgan fingerprint density at radius 1 is 1.26 bits per heavy atom. The van der Waals surface area contributed by atoms with Crippen molar-refractivity contribution in [3.63, 3.8) is 0 Å². The molecule has 4 nitrogen and oxygen atoms in total. The van der Waals surface area contributed by atoms with E-state index >= 15 is 0 Å². The Balaban J connectivity index is 2.60. The van der Waals surface area contributed by atoms with Crippen LogP contribution in [0.25, 0.3) is 11.3 Å². The van der Waals surface area contributed by atoms with Gasteiger partial charge in [-0.3, -0.25) is 4.68 Å². The summed E-state index contributed by atoms with van der Waals surface area (Å²) in [6.45, 7) is 4.80. The van der Waals surface area contributed by atoms with Gasteiger partial charge in [-0.1, -0.05) is 0 Å². The van der Waals surface area contributed by atoms with Crippen LogP contribution in [0.3, 0.4) is 0 Å². The number of benzene rings is 1. The summed E-state index contributed by atoms with van der Waals surface area (Å²) in [5.74, 6) is 0.861. The number of nitrogens with two attached hydrogens (primary N) is 1. The Morgan fingerprint density at radius 3 is 2.58 bits per heavy atom. The van der Waals surface area contributed by atoms with Crippen LogP contribution < -0.4 is 10.5 Å². The number of nitrogens with zero attached hydrogens (tertiary/aromatic N) is 2. The van der Waals surface area contributed by atoms with Crippen LogP contribution >= 0.6 is 0 Å². The average Bonchev–Trinajstić information content (AvgIpc) is 2.73. The molecule has 4 heteroatoms. The number of aryl methyl sites for hydroxylation is 3. The van der Waals surface area contributed by atoms with E-state index in [2.05, 4.69) is 31.1 Å². The fourth-order valence-electron chi connectivity index (χ4n) is 2.25. The van der Waals surface area contributed by atoms with E-state index in [0.717, 1.165) is 29.0 Å². The highest BCUT2D eigenvalue weighted by molar-refractivity contribution is 5.71. The van der Waals surface area contributed by atoms with Crippen molar-refractivity contribution in [2.45, 2.75) is 20.3 Å². The maximum Gasteiger partial charge on any atom is 0.128 e. The van der Waals surface area contributed by atoms with E-state index in [-0.39, 0.29) is 0 Å². The topological polar surface area (TPSA) is 53.1 Å². The van der Waals surface area contributed by atoms with Crippen LogP contribution in [0.1, 0.15) is 16.7 Å². The summed E-state index contributed by atoms with van der Waals surface area (Å²) in [6, 6.07) is 4.20. The van der Waals surface area contributed by atoms with Gasteiger partial charge in [0.1, 0.15) is 5.75 Å². The zero-order valence-electron chi connectivity index (χ0n) is 12.0. The highest BCUT2D eigenvalue weighted by Gasteiger charge is 2.15. The van der Waals surface area contributed by atoms with Crippen LogP contribution in [-0.2, 0) is 13.5 Å². The smallest absolute Gasteiger partial charge is 0.128 e. The first-order valence-corrected chi connectivity index (χ1v) is 6.45. The first kappa shape index (κ1) is 13.6. The van der Waals surface area contributed by atoms with E-state index in [0.29, 0.717) is 6.54 Å². The quantitative estimate of drug-likeness (QED) is 0.916. The predicted molar refractivity (Wildman–Crippen MR) is 77.4 cm³/mol. The van der Waals surface area contributed by atoms with E-state index in [4.69, 9.17) is 10.5 Å². The molecule has 0 fully saturated rings. The highest BCUT2D eigenvalue weighted by Crippen LogP contribution is 2.33. The molecule has 19 heavy (non-hydrogen) atoms. The maximum atomic E-state index is 5.67. The van der Waals surface area contributed by atoms with Crippen molar-refractivity contribution in [1.82, 2.24) is 9.78 Å². The molecule has 1 heterocycles. The molecular weight excluding hydrogens is 238 g/mol. The molecule has 0 aliphatic heterocycles. The second-order valence-electron chi connectivity index (χ2n) is 4.85. The molecule has 0 spiro atoms. The van der Waals surface area contributed by atoms with Crippen LogP contribution in [0.5, 0.6) is 5.75 Å². The standard InChI is InChI=1S/C15H21N3O/c1-10-7-13(14(19-4)8-11(10)2)15-12(5-6-16)9-18(3)17-15/h7-9H,5-6,16H2,1-4H3. The average molecular weight is 259 g/mol. The lowest BCUT2D eigenvalue weighted by molar-refractivity contribution is 0.416. The van der Waals surface area contributed by atoms with Crippen molar-refractivity contribution in [3.05, 3.63) is 35.0 Å². The van der Waals surface area contributed by atoms with Gasteiger partial charge in [-0.2, -0.15) is 5.10 Å². The summed E-state index contributed by atoms with van der Waals surface area (Å²) in [5.41, 5.74) is 11.3. The largest absolute Gasteiger partial charge is 0.496 e. The molecule has 0 aliphatic rings. The van der Waals surface area contributed by atoms with Crippen LogP contribution in [0.2, 0.25) is 0 Å². The van der Waals surface area contributed by atoms with Gasteiger partial charge >= 0.3 is 0 Å². The Labute approximate surface area is 114 Å². The monoisotopic (exact) mass is 259 g/mol. The van der Waals surface area contributed by atoms with E-state index in [9.17, 15) is 0 Å². The van der Waals surface area contributed by atoms with Gasteiger partial charge in [0.05, 0.1) is 12.8 Å². The molecule has 0 saturated heterocycles. The summed E-state index contributed by atoms with van der Waals surface area (Å²) < 4.78 is 7.33. The molecule has 0 radical (unpaired) electrons. The Kier molecular flexibility index (Phi) is 3.90. The van der Waals surface area contributed by atoms with E-state index in [1.54, 1.807) is 7.11 Å². The number of methoxy groups -OCH3 is 1. The van der Waals surface area contributed by atoms with Crippen molar-refractivity contribution in [3.8, 4) is 17.0 Å². The fraction of sp³-hybridized carbons (Fsp3) is 0.400. The van der Waals surface area contributed by atoms with Gasteiger partial charge in [0, 0.05) is 18.8 Å². The molecule has 2 rings (SSSR count). The number of hydrogen-bond donors (Lipinski definition) is 1. The fourth-order valence-corrected chi connectivity index (χ4v) is 2.25. The Morgan fingerprint density at radius 2 is 1.95 bits per heavy atom. The lowest BCUT2D eigenvalue weighted by Gasteiger charge is -2.11. The minimum absolute atomic E-state index is 0.617. The lowest BCUT2D eigenvalue weighted by Crippen LogP contribution is -2.03. The van der Waals surface area contributed by atoms with Gasteiger partial charge in [-0.25, -0.2) is 0 Å². The summed E-state index contributed by atoms with van der Waals surface area (Å²) in [4.78, 5) is 0. The maximum absolute atomic E-state index is 5.67. The number of aromatic nitrogens is 2. The van der Waals surface area contributed by atoms with E-state index in [1.807, 2.05) is 17.9 Å². The molecule has 2 N–H and O–H groups in total. The molecule has 0 amide bonds. The molecule has 0 bridgehead atoms. The highest BCUT2D eigenvalue weighted by atomic mass is 16.5. The van der Waals surface area contributed by atoms with Gasteiger partial charge in [0.2, 0.25) is 0 Å². The molecular formula is C15H21N3O.